The lowest BCUT2D eigenvalue weighted by atomic mass is 10.1. The maximum absolute atomic E-state index is 10.9. The summed E-state index contributed by atoms with van der Waals surface area (Å²) >= 11 is 0. The minimum Gasteiger partial charge on any atom is -0.492 e. The van der Waals surface area contributed by atoms with Crippen LogP contribution in [0.1, 0.15) is 21.5 Å². The molecule has 0 atom stereocenters. The minimum atomic E-state index is 0.537. The number of nitrogens with zero attached hydrogens (tertiary/aromatic N) is 1. The van der Waals surface area contributed by atoms with E-state index in [4.69, 9.17) is 4.74 Å². The van der Waals surface area contributed by atoms with Gasteiger partial charge in [-0.05, 0) is 30.7 Å². The molecule has 3 heteroatoms. The molecule has 2 rings (SSSR count). The Labute approximate surface area is 106 Å². The third kappa shape index (κ3) is 3.17. The monoisotopic (exact) mass is 241 g/mol. The number of hydrogen-bond donors (Lipinski definition) is 0. The minimum absolute atomic E-state index is 0.537. The Morgan fingerprint density at radius 3 is 2.94 bits per heavy atom. The number of benzene rings is 1. The Kier molecular flexibility index (Phi) is 4.07. The van der Waals surface area contributed by atoms with Crippen molar-refractivity contribution in [3.8, 4) is 5.75 Å². The molecule has 0 N–H and O–H groups in total. The lowest BCUT2D eigenvalue weighted by Crippen LogP contribution is -2.03. The Morgan fingerprint density at radius 2 is 2.22 bits per heavy atom. The zero-order valence-corrected chi connectivity index (χ0v) is 10.3. The SMILES string of the molecule is Cc1ccc(OCCc2cccnc2)c(C=O)c1. The smallest absolute Gasteiger partial charge is 0.153 e. The summed E-state index contributed by atoms with van der Waals surface area (Å²) in [5, 5.41) is 0. The number of aryl methyl sites for hydroxylation is 1. The zero-order chi connectivity index (χ0) is 12.8. The van der Waals surface area contributed by atoms with Gasteiger partial charge in [-0.2, -0.15) is 0 Å². The highest BCUT2D eigenvalue weighted by atomic mass is 16.5. The molecule has 0 saturated carbocycles. The molecule has 0 radical (unpaired) electrons. The molecule has 0 aliphatic heterocycles. The Hall–Kier alpha value is -2.16. The molecule has 0 unspecified atom stereocenters. The lowest BCUT2D eigenvalue weighted by molar-refractivity contribution is 0.111. The zero-order valence-electron chi connectivity index (χ0n) is 10.3. The average Bonchev–Trinajstić information content (AvgIpc) is 2.41. The molecule has 0 aliphatic carbocycles. The molecule has 3 nitrogen and oxygen atoms in total. The van der Waals surface area contributed by atoms with Crippen LogP contribution in [0.4, 0.5) is 0 Å². The van der Waals surface area contributed by atoms with Gasteiger partial charge in [0, 0.05) is 18.8 Å². The fourth-order valence-corrected chi connectivity index (χ4v) is 1.72. The standard InChI is InChI=1S/C15H15NO2/c1-12-4-5-15(14(9-12)11-17)18-8-6-13-3-2-7-16-10-13/h2-5,7,9-11H,6,8H2,1H3. The molecular formula is C15H15NO2. The molecule has 1 heterocycles. The van der Waals surface area contributed by atoms with Crippen LogP contribution in [0.5, 0.6) is 5.75 Å². The van der Waals surface area contributed by atoms with Gasteiger partial charge in [0.15, 0.2) is 6.29 Å². The molecular weight excluding hydrogens is 226 g/mol. The Balaban J connectivity index is 1.96. The van der Waals surface area contributed by atoms with Crippen LogP contribution >= 0.6 is 0 Å². The second-order valence-corrected chi connectivity index (χ2v) is 4.12. The third-order valence-corrected chi connectivity index (χ3v) is 2.66. The lowest BCUT2D eigenvalue weighted by Gasteiger charge is -2.08. The van der Waals surface area contributed by atoms with Crippen LogP contribution in [0.3, 0.4) is 0 Å². The summed E-state index contributed by atoms with van der Waals surface area (Å²) in [5.41, 5.74) is 2.77. The molecule has 92 valence electrons. The first kappa shape index (κ1) is 12.3. The summed E-state index contributed by atoms with van der Waals surface area (Å²) in [5.74, 6) is 0.638. The van der Waals surface area contributed by atoms with Gasteiger partial charge in [-0.25, -0.2) is 0 Å². The van der Waals surface area contributed by atoms with E-state index in [1.165, 1.54) is 0 Å². The van der Waals surface area contributed by atoms with Crippen molar-refractivity contribution in [3.05, 3.63) is 59.4 Å². The first-order chi connectivity index (χ1) is 8.79. The largest absolute Gasteiger partial charge is 0.492 e. The van der Waals surface area contributed by atoms with Crippen molar-refractivity contribution < 1.29 is 9.53 Å². The molecule has 1 aromatic carbocycles. The maximum Gasteiger partial charge on any atom is 0.153 e. The van der Waals surface area contributed by atoms with E-state index < -0.39 is 0 Å². The van der Waals surface area contributed by atoms with Gasteiger partial charge in [-0.15, -0.1) is 0 Å². The number of aromatic nitrogens is 1. The number of rotatable bonds is 5. The van der Waals surface area contributed by atoms with Gasteiger partial charge in [0.05, 0.1) is 12.2 Å². The first-order valence-corrected chi connectivity index (χ1v) is 5.87. The molecule has 0 saturated heterocycles. The highest BCUT2D eigenvalue weighted by Crippen LogP contribution is 2.18. The van der Waals surface area contributed by atoms with Crippen LogP contribution in [0.2, 0.25) is 0 Å². The van der Waals surface area contributed by atoms with Crippen LogP contribution in [0, 0.1) is 6.92 Å². The number of carbonyl (C=O) groups excluding carboxylic acids is 1. The van der Waals surface area contributed by atoms with Crippen molar-refractivity contribution in [3.63, 3.8) is 0 Å². The van der Waals surface area contributed by atoms with Gasteiger partial charge in [0.1, 0.15) is 5.75 Å². The predicted molar refractivity (Wildman–Crippen MR) is 70.0 cm³/mol. The summed E-state index contributed by atoms with van der Waals surface area (Å²) in [6.07, 6.45) is 5.17. The normalized spacial score (nSPS) is 10.1. The van der Waals surface area contributed by atoms with Gasteiger partial charge in [0.2, 0.25) is 0 Å². The van der Waals surface area contributed by atoms with Crippen molar-refractivity contribution in [2.45, 2.75) is 13.3 Å². The number of hydrogen-bond acceptors (Lipinski definition) is 3. The molecule has 1 aromatic heterocycles. The second kappa shape index (κ2) is 5.96. The van der Waals surface area contributed by atoms with Crippen LogP contribution in [0.15, 0.2) is 42.7 Å². The highest BCUT2D eigenvalue weighted by Gasteiger charge is 2.03. The van der Waals surface area contributed by atoms with Gasteiger partial charge >= 0.3 is 0 Å². The summed E-state index contributed by atoms with van der Waals surface area (Å²) in [6.45, 7) is 2.49. The van der Waals surface area contributed by atoms with E-state index >= 15 is 0 Å². The van der Waals surface area contributed by atoms with Crippen molar-refractivity contribution in [2.24, 2.45) is 0 Å². The highest BCUT2D eigenvalue weighted by molar-refractivity contribution is 5.79. The van der Waals surface area contributed by atoms with Crippen molar-refractivity contribution in [1.29, 1.82) is 0 Å². The van der Waals surface area contributed by atoms with Crippen LogP contribution in [-0.4, -0.2) is 17.9 Å². The Morgan fingerprint density at radius 1 is 1.33 bits per heavy atom. The van der Waals surface area contributed by atoms with E-state index in [1.54, 1.807) is 6.20 Å². The van der Waals surface area contributed by atoms with E-state index in [2.05, 4.69) is 4.98 Å². The van der Waals surface area contributed by atoms with Crippen LogP contribution in [0.25, 0.3) is 0 Å². The Bertz CT molecular complexity index is 523. The topological polar surface area (TPSA) is 39.2 Å². The number of ether oxygens (including phenoxy) is 1. The summed E-state index contributed by atoms with van der Waals surface area (Å²) in [6, 6.07) is 9.51. The van der Waals surface area contributed by atoms with Gasteiger partial charge < -0.3 is 4.74 Å². The van der Waals surface area contributed by atoms with Gasteiger partial charge in [0.25, 0.3) is 0 Å². The summed E-state index contributed by atoms with van der Waals surface area (Å²) < 4.78 is 5.63. The van der Waals surface area contributed by atoms with E-state index in [-0.39, 0.29) is 0 Å². The molecule has 0 amide bonds. The second-order valence-electron chi connectivity index (χ2n) is 4.12. The predicted octanol–water partition coefficient (Wildman–Crippen LogP) is 2.82. The average molecular weight is 241 g/mol. The van der Waals surface area contributed by atoms with Gasteiger partial charge in [-0.1, -0.05) is 17.7 Å². The van der Waals surface area contributed by atoms with Crippen LogP contribution in [-0.2, 0) is 6.42 Å². The van der Waals surface area contributed by atoms with Crippen molar-refractivity contribution >= 4 is 6.29 Å². The van der Waals surface area contributed by atoms with Crippen molar-refractivity contribution in [1.82, 2.24) is 4.98 Å². The molecule has 18 heavy (non-hydrogen) atoms. The van der Waals surface area contributed by atoms with Crippen LogP contribution < -0.4 is 4.74 Å². The summed E-state index contributed by atoms with van der Waals surface area (Å²) in [7, 11) is 0. The van der Waals surface area contributed by atoms with E-state index in [0.29, 0.717) is 17.9 Å². The fraction of sp³-hybridized carbons (Fsp3) is 0.200. The quantitative estimate of drug-likeness (QED) is 0.756. The molecule has 2 aromatic rings. The van der Waals surface area contributed by atoms with Crippen molar-refractivity contribution in [2.75, 3.05) is 6.61 Å². The maximum atomic E-state index is 10.9. The number of aldehydes is 1. The third-order valence-electron chi connectivity index (χ3n) is 2.66. The molecule has 0 bridgehead atoms. The molecule has 0 aliphatic rings. The number of pyridine rings is 1. The molecule has 0 fully saturated rings. The van der Waals surface area contributed by atoms with Gasteiger partial charge in [-0.3, -0.25) is 9.78 Å². The summed E-state index contributed by atoms with van der Waals surface area (Å²) in [4.78, 5) is 15.0. The first-order valence-electron chi connectivity index (χ1n) is 5.87. The fourth-order valence-electron chi connectivity index (χ4n) is 1.72. The van der Waals surface area contributed by atoms with E-state index in [9.17, 15) is 4.79 Å². The molecule has 0 spiro atoms. The number of carbonyl (C=O) groups is 1. The van der Waals surface area contributed by atoms with E-state index in [1.807, 2.05) is 43.5 Å². The van der Waals surface area contributed by atoms with E-state index in [0.717, 1.165) is 23.8 Å².